The molecule has 3 atom stereocenters. The molecule has 0 aliphatic heterocycles. The van der Waals surface area contributed by atoms with Gasteiger partial charge < -0.3 is 31.8 Å². The maximum atomic E-state index is 12.3. The lowest BCUT2D eigenvalue weighted by atomic mass is 10.0. The number of carboxylic acids is 1. The van der Waals surface area contributed by atoms with Gasteiger partial charge in [0.2, 0.25) is 17.7 Å². The van der Waals surface area contributed by atoms with Crippen LogP contribution in [-0.2, 0) is 25.6 Å². The Morgan fingerprint density at radius 1 is 1.17 bits per heavy atom. The summed E-state index contributed by atoms with van der Waals surface area (Å²) in [5, 5.41) is 16.9. The lowest BCUT2D eigenvalue weighted by molar-refractivity contribution is -0.141. The molecule has 0 aliphatic carbocycles. The van der Waals surface area contributed by atoms with Crippen LogP contribution in [0.25, 0.3) is 10.9 Å². The molecule has 11 heteroatoms. The molecular weight excluding hydrogens is 410 g/mol. The average Bonchev–Trinajstić information content (AvgIpc) is 3.12. The summed E-state index contributed by atoms with van der Waals surface area (Å²) >= 11 is 3.83. The van der Waals surface area contributed by atoms with Crippen LogP contribution in [0.2, 0.25) is 0 Å². The summed E-state index contributed by atoms with van der Waals surface area (Å²) in [6.07, 6.45) is 2.08. The molecule has 0 spiro atoms. The number of carbonyl (C=O) groups excluding carboxylic acids is 3. The molecule has 2 aromatic rings. The fraction of sp³-hybridized carbons (Fsp3) is 0.368. The first-order valence-electron chi connectivity index (χ1n) is 9.24. The van der Waals surface area contributed by atoms with E-state index in [0.717, 1.165) is 16.5 Å². The molecule has 1 aromatic heterocycles. The van der Waals surface area contributed by atoms with Crippen molar-refractivity contribution in [1.29, 1.82) is 0 Å². The van der Waals surface area contributed by atoms with Gasteiger partial charge in [0, 0.05) is 22.9 Å². The Morgan fingerprint density at radius 3 is 2.53 bits per heavy atom. The number of H-pyrrole nitrogens is 1. The molecule has 162 valence electrons. The van der Waals surface area contributed by atoms with E-state index in [1.165, 1.54) is 6.92 Å². The molecule has 0 aliphatic rings. The molecule has 0 bridgehead atoms. The van der Waals surface area contributed by atoms with Gasteiger partial charge in [-0.2, -0.15) is 12.6 Å². The molecule has 1 aromatic carbocycles. The topological polar surface area (TPSA) is 166 Å². The lowest BCUT2D eigenvalue weighted by Crippen LogP contribution is -2.52. The monoisotopic (exact) mass is 435 g/mol. The van der Waals surface area contributed by atoms with Crippen molar-refractivity contribution in [1.82, 2.24) is 20.9 Å². The number of hydrogen-bond donors (Lipinski definition) is 7. The third-order valence-electron chi connectivity index (χ3n) is 4.44. The predicted molar refractivity (Wildman–Crippen MR) is 114 cm³/mol. The van der Waals surface area contributed by atoms with Crippen LogP contribution >= 0.6 is 12.6 Å². The number of rotatable bonds is 10. The zero-order chi connectivity index (χ0) is 22.3. The second-order valence-electron chi connectivity index (χ2n) is 6.76. The maximum Gasteiger partial charge on any atom is 0.327 e. The summed E-state index contributed by atoms with van der Waals surface area (Å²) in [7, 11) is 0. The van der Waals surface area contributed by atoms with E-state index in [4.69, 9.17) is 10.8 Å². The molecular formula is C19H25N5O5S. The number of carbonyl (C=O) groups is 4. The second kappa shape index (κ2) is 10.6. The second-order valence-corrected chi connectivity index (χ2v) is 7.12. The van der Waals surface area contributed by atoms with Crippen LogP contribution in [0.15, 0.2) is 30.5 Å². The highest BCUT2D eigenvalue weighted by atomic mass is 32.1. The van der Waals surface area contributed by atoms with Gasteiger partial charge in [0.05, 0.1) is 12.6 Å². The van der Waals surface area contributed by atoms with Crippen LogP contribution in [0.5, 0.6) is 0 Å². The van der Waals surface area contributed by atoms with Crippen molar-refractivity contribution in [3.05, 3.63) is 36.0 Å². The molecule has 3 unspecified atom stereocenters. The minimum atomic E-state index is -1.23. The number of para-hydroxylation sites is 1. The Labute approximate surface area is 178 Å². The minimum Gasteiger partial charge on any atom is -0.480 e. The summed E-state index contributed by atoms with van der Waals surface area (Å²) in [5.41, 5.74) is 7.81. The molecule has 30 heavy (non-hydrogen) atoms. The van der Waals surface area contributed by atoms with Crippen LogP contribution in [0.1, 0.15) is 12.5 Å². The highest BCUT2D eigenvalue weighted by Crippen LogP contribution is 2.18. The number of aromatic amines is 1. The lowest BCUT2D eigenvalue weighted by Gasteiger charge is -2.18. The number of amides is 3. The molecule has 0 saturated heterocycles. The summed E-state index contributed by atoms with van der Waals surface area (Å²) in [4.78, 5) is 50.2. The first-order valence-corrected chi connectivity index (χ1v) is 9.87. The van der Waals surface area contributed by atoms with Crippen LogP contribution in [0.3, 0.4) is 0 Å². The van der Waals surface area contributed by atoms with E-state index in [2.05, 4.69) is 33.6 Å². The van der Waals surface area contributed by atoms with Gasteiger partial charge in [-0.15, -0.1) is 0 Å². The first-order chi connectivity index (χ1) is 14.2. The number of aromatic nitrogens is 1. The summed E-state index contributed by atoms with van der Waals surface area (Å²) < 4.78 is 0. The van der Waals surface area contributed by atoms with Crippen LogP contribution in [0.4, 0.5) is 0 Å². The Kier molecular flexibility index (Phi) is 8.25. The Bertz CT molecular complexity index is 931. The maximum absolute atomic E-state index is 12.3. The van der Waals surface area contributed by atoms with Crippen LogP contribution < -0.4 is 21.7 Å². The van der Waals surface area contributed by atoms with Crippen molar-refractivity contribution >= 4 is 47.2 Å². The number of nitrogens with one attached hydrogen (secondary N) is 4. The number of benzene rings is 1. The molecule has 1 heterocycles. The molecule has 7 N–H and O–H groups in total. The van der Waals surface area contributed by atoms with Gasteiger partial charge in [-0.05, 0) is 25.0 Å². The molecule has 3 amide bonds. The van der Waals surface area contributed by atoms with Gasteiger partial charge in [-0.1, -0.05) is 18.2 Å². The number of fused-ring (bicyclic) bond motifs is 1. The largest absolute Gasteiger partial charge is 0.480 e. The molecule has 0 fully saturated rings. The van der Waals surface area contributed by atoms with Crippen molar-refractivity contribution in [2.24, 2.45) is 5.73 Å². The SMILES string of the molecule is CC(NC(=O)C(N)Cc1c[nH]c2ccccc12)C(=O)NCC(=O)NC(CS)C(=O)O. The number of carboxylic acid groups (broad SMARTS) is 1. The standard InChI is InChI=1S/C19H25N5O5S/c1-10(17(26)22-8-16(25)24-15(9-30)19(28)29)23-18(27)13(20)6-11-7-21-14-5-3-2-4-12(11)14/h2-5,7,10,13,15,21,30H,6,8-9,20H2,1H3,(H,22,26)(H,23,27)(H,24,25)(H,28,29). The number of hydrogen-bond acceptors (Lipinski definition) is 6. The Morgan fingerprint density at radius 2 is 1.87 bits per heavy atom. The molecule has 0 radical (unpaired) electrons. The number of nitrogens with two attached hydrogens (primary N) is 1. The van der Waals surface area contributed by atoms with Gasteiger partial charge in [0.15, 0.2) is 0 Å². The molecule has 2 rings (SSSR count). The van der Waals surface area contributed by atoms with Crippen molar-refractivity contribution in [2.75, 3.05) is 12.3 Å². The van der Waals surface area contributed by atoms with Crippen LogP contribution in [0, 0.1) is 0 Å². The zero-order valence-electron chi connectivity index (χ0n) is 16.3. The summed E-state index contributed by atoms with van der Waals surface area (Å²) in [6, 6.07) is 4.68. The van der Waals surface area contributed by atoms with Gasteiger partial charge in [-0.25, -0.2) is 4.79 Å². The quantitative estimate of drug-likeness (QED) is 0.240. The minimum absolute atomic E-state index is 0.0875. The third kappa shape index (κ3) is 6.22. The van der Waals surface area contributed by atoms with Crippen molar-refractivity contribution in [2.45, 2.75) is 31.5 Å². The fourth-order valence-electron chi connectivity index (χ4n) is 2.77. The summed E-state index contributed by atoms with van der Waals surface area (Å²) in [6.45, 7) is 1.02. The average molecular weight is 436 g/mol. The van der Waals surface area contributed by atoms with E-state index in [0.29, 0.717) is 0 Å². The first kappa shape index (κ1) is 23.2. The van der Waals surface area contributed by atoms with E-state index in [1.807, 2.05) is 24.3 Å². The highest BCUT2D eigenvalue weighted by Gasteiger charge is 2.22. The predicted octanol–water partition coefficient (Wildman–Crippen LogP) is -0.842. The van der Waals surface area contributed by atoms with E-state index in [1.54, 1.807) is 6.20 Å². The van der Waals surface area contributed by atoms with Gasteiger partial charge >= 0.3 is 5.97 Å². The summed E-state index contributed by atoms with van der Waals surface area (Å²) in [5.74, 6) is -3.10. The smallest absolute Gasteiger partial charge is 0.327 e. The van der Waals surface area contributed by atoms with E-state index in [-0.39, 0.29) is 12.2 Å². The third-order valence-corrected chi connectivity index (χ3v) is 4.81. The van der Waals surface area contributed by atoms with Gasteiger partial charge in [0.1, 0.15) is 12.1 Å². The van der Waals surface area contributed by atoms with Gasteiger partial charge in [0.25, 0.3) is 0 Å². The normalized spacial score (nSPS) is 13.8. The van der Waals surface area contributed by atoms with Crippen molar-refractivity contribution in [3.8, 4) is 0 Å². The fourth-order valence-corrected chi connectivity index (χ4v) is 3.01. The Balaban J connectivity index is 1.81. The Hall–Kier alpha value is -3.05. The van der Waals surface area contributed by atoms with E-state index in [9.17, 15) is 19.2 Å². The molecule has 10 nitrogen and oxygen atoms in total. The van der Waals surface area contributed by atoms with Crippen molar-refractivity contribution < 1.29 is 24.3 Å². The van der Waals surface area contributed by atoms with E-state index >= 15 is 0 Å². The molecule has 0 saturated carbocycles. The van der Waals surface area contributed by atoms with Gasteiger partial charge in [-0.3, -0.25) is 14.4 Å². The van der Waals surface area contributed by atoms with E-state index < -0.39 is 48.4 Å². The zero-order valence-corrected chi connectivity index (χ0v) is 17.2. The highest BCUT2D eigenvalue weighted by molar-refractivity contribution is 7.80. The number of aliphatic carboxylic acids is 1. The number of thiol groups is 1. The van der Waals surface area contributed by atoms with Crippen molar-refractivity contribution in [3.63, 3.8) is 0 Å². The van der Waals surface area contributed by atoms with Crippen LogP contribution in [-0.4, -0.2) is 64.2 Å².